The van der Waals surface area contributed by atoms with Gasteiger partial charge in [-0.3, -0.25) is 9.97 Å². The smallest absolute Gasteiger partial charge is 0.319 e. The van der Waals surface area contributed by atoms with Gasteiger partial charge in [-0.1, -0.05) is 26.8 Å². The molecule has 0 aliphatic carbocycles. The molecule has 0 spiro atoms. The molecular formula is C18H24N4O2. The summed E-state index contributed by atoms with van der Waals surface area (Å²) in [5.41, 5.74) is 3.27. The van der Waals surface area contributed by atoms with Gasteiger partial charge in [-0.15, -0.1) is 0 Å². The van der Waals surface area contributed by atoms with Crippen molar-refractivity contribution in [2.45, 2.75) is 39.7 Å². The van der Waals surface area contributed by atoms with E-state index in [2.05, 4.69) is 41.4 Å². The molecule has 0 saturated heterocycles. The summed E-state index contributed by atoms with van der Waals surface area (Å²) in [4.78, 5) is 20.5. The number of aromatic nitrogens is 2. The van der Waals surface area contributed by atoms with Crippen LogP contribution in [0.15, 0.2) is 30.6 Å². The Kier molecular flexibility index (Phi) is 5.39. The zero-order valence-corrected chi connectivity index (χ0v) is 14.8. The lowest BCUT2D eigenvalue weighted by atomic mass is 9.87. The molecule has 0 unspecified atom stereocenters. The van der Waals surface area contributed by atoms with Crippen LogP contribution in [0.3, 0.4) is 0 Å². The second kappa shape index (κ2) is 7.29. The highest BCUT2D eigenvalue weighted by Crippen LogP contribution is 2.31. The highest BCUT2D eigenvalue weighted by Gasteiger charge is 2.17. The Morgan fingerprint density at radius 3 is 2.54 bits per heavy atom. The first-order valence-electron chi connectivity index (χ1n) is 7.80. The second-order valence-electron chi connectivity index (χ2n) is 6.62. The van der Waals surface area contributed by atoms with Gasteiger partial charge in [0.1, 0.15) is 5.75 Å². The van der Waals surface area contributed by atoms with E-state index in [0.717, 1.165) is 11.3 Å². The maximum atomic E-state index is 12.2. The summed E-state index contributed by atoms with van der Waals surface area (Å²) in [6, 6.07) is 5.48. The number of amides is 2. The summed E-state index contributed by atoms with van der Waals surface area (Å²) in [5, 5.41) is 5.60. The number of benzene rings is 1. The molecule has 1 aromatic carbocycles. The molecule has 0 aliphatic heterocycles. The van der Waals surface area contributed by atoms with Crippen molar-refractivity contribution in [2.75, 3.05) is 12.4 Å². The minimum absolute atomic E-state index is 0.0172. The van der Waals surface area contributed by atoms with Crippen LogP contribution < -0.4 is 15.4 Å². The van der Waals surface area contributed by atoms with Gasteiger partial charge < -0.3 is 15.4 Å². The lowest BCUT2D eigenvalue weighted by Gasteiger charge is -2.21. The average molecular weight is 328 g/mol. The number of rotatable bonds is 4. The number of ether oxygens (including phenoxy) is 1. The van der Waals surface area contributed by atoms with E-state index in [1.54, 1.807) is 19.5 Å². The Hall–Kier alpha value is -2.63. The molecule has 0 atom stereocenters. The number of anilines is 1. The predicted octanol–water partition coefficient (Wildman–Crippen LogP) is 3.41. The van der Waals surface area contributed by atoms with Gasteiger partial charge in [-0.25, -0.2) is 4.79 Å². The van der Waals surface area contributed by atoms with Crippen LogP contribution in [0.1, 0.15) is 37.7 Å². The second-order valence-corrected chi connectivity index (χ2v) is 6.62. The van der Waals surface area contributed by atoms with Crippen LogP contribution in [0.5, 0.6) is 5.75 Å². The quantitative estimate of drug-likeness (QED) is 0.902. The Balaban J connectivity index is 2.05. The van der Waals surface area contributed by atoms with Crippen LogP contribution in [0.4, 0.5) is 10.5 Å². The van der Waals surface area contributed by atoms with Gasteiger partial charge in [0.2, 0.25) is 0 Å². The van der Waals surface area contributed by atoms with Crippen LogP contribution in [0.25, 0.3) is 0 Å². The first-order valence-corrected chi connectivity index (χ1v) is 7.80. The minimum atomic E-state index is -0.318. The SMILES string of the molecule is COc1ccc(C(C)(C)C)cc1NC(=O)NCc1cnc(C)cn1. The summed E-state index contributed by atoms with van der Waals surface area (Å²) < 4.78 is 5.32. The molecule has 2 amide bonds. The molecular weight excluding hydrogens is 304 g/mol. The highest BCUT2D eigenvalue weighted by atomic mass is 16.5. The average Bonchev–Trinajstić information content (AvgIpc) is 2.53. The summed E-state index contributed by atoms with van der Waals surface area (Å²) in [7, 11) is 1.58. The maximum absolute atomic E-state index is 12.2. The molecule has 128 valence electrons. The number of carbonyl (C=O) groups excluding carboxylic acids is 1. The third kappa shape index (κ3) is 4.68. The van der Waals surface area contributed by atoms with Gasteiger partial charge >= 0.3 is 6.03 Å². The van der Waals surface area contributed by atoms with E-state index in [0.29, 0.717) is 23.7 Å². The molecule has 2 aromatic rings. The van der Waals surface area contributed by atoms with Crippen molar-refractivity contribution in [1.29, 1.82) is 0 Å². The van der Waals surface area contributed by atoms with Gasteiger partial charge in [0, 0.05) is 6.20 Å². The summed E-state index contributed by atoms with van der Waals surface area (Å²) in [6.45, 7) is 8.53. The number of nitrogens with one attached hydrogen (secondary N) is 2. The first-order chi connectivity index (χ1) is 11.3. The van der Waals surface area contributed by atoms with Crippen LogP contribution in [-0.4, -0.2) is 23.1 Å². The van der Waals surface area contributed by atoms with Crippen molar-refractivity contribution >= 4 is 11.7 Å². The van der Waals surface area contributed by atoms with E-state index in [9.17, 15) is 4.79 Å². The van der Waals surface area contributed by atoms with E-state index in [4.69, 9.17) is 4.74 Å². The monoisotopic (exact) mass is 328 g/mol. The molecule has 0 aliphatic rings. The Morgan fingerprint density at radius 2 is 1.96 bits per heavy atom. The lowest BCUT2D eigenvalue weighted by molar-refractivity contribution is 0.251. The highest BCUT2D eigenvalue weighted by molar-refractivity contribution is 5.91. The van der Waals surface area contributed by atoms with E-state index in [1.165, 1.54) is 0 Å². The van der Waals surface area contributed by atoms with Crippen molar-refractivity contribution < 1.29 is 9.53 Å². The van der Waals surface area contributed by atoms with E-state index in [1.807, 2.05) is 25.1 Å². The summed E-state index contributed by atoms with van der Waals surface area (Å²) in [6.07, 6.45) is 3.32. The summed E-state index contributed by atoms with van der Waals surface area (Å²) in [5.74, 6) is 0.619. The molecule has 2 rings (SSSR count). The van der Waals surface area contributed by atoms with E-state index in [-0.39, 0.29) is 11.4 Å². The fourth-order valence-electron chi connectivity index (χ4n) is 2.12. The Bertz CT molecular complexity index is 706. The number of urea groups is 1. The molecule has 24 heavy (non-hydrogen) atoms. The molecule has 1 heterocycles. The van der Waals surface area contributed by atoms with Gasteiger partial charge in [0.15, 0.2) is 0 Å². The fourth-order valence-corrected chi connectivity index (χ4v) is 2.12. The minimum Gasteiger partial charge on any atom is -0.495 e. The number of nitrogens with zero attached hydrogens (tertiary/aromatic N) is 2. The number of methoxy groups -OCH3 is 1. The van der Waals surface area contributed by atoms with Gasteiger partial charge in [0.05, 0.1) is 36.9 Å². The van der Waals surface area contributed by atoms with Gasteiger partial charge in [0.25, 0.3) is 0 Å². The number of carbonyl (C=O) groups is 1. The standard InChI is InChI=1S/C18H24N4O2/c1-12-9-20-14(10-19-12)11-21-17(23)22-15-8-13(18(2,3)4)6-7-16(15)24-5/h6-10H,11H2,1-5H3,(H2,21,22,23). The van der Waals surface area contributed by atoms with Crippen molar-refractivity contribution in [2.24, 2.45) is 0 Å². The zero-order chi connectivity index (χ0) is 17.7. The Labute approximate surface area is 142 Å². The van der Waals surface area contributed by atoms with Crippen LogP contribution >= 0.6 is 0 Å². The van der Waals surface area contributed by atoms with Gasteiger partial charge in [-0.2, -0.15) is 0 Å². The molecule has 2 N–H and O–H groups in total. The topological polar surface area (TPSA) is 76.1 Å². The molecule has 1 aromatic heterocycles. The number of hydrogen-bond acceptors (Lipinski definition) is 4. The van der Waals surface area contributed by atoms with E-state index >= 15 is 0 Å². The predicted molar refractivity (Wildman–Crippen MR) is 94.3 cm³/mol. The lowest BCUT2D eigenvalue weighted by Crippen LogP contribution is -2.29. The fraction of sp³-hybridized carbons (Fsp3) is 0.389. The van der Waals surface area contributed by atoms with Crippen molar-refractivity contribution in [3.05, 3.63) is 47.5 Å². The van der Waals surface area contributed by atoms with Crippen LogP contribution in [-0.2, 0) is 12.0 Å². The largest absolute Gasteiger partial charge is 0.495 e. The third-order valence-corrected chi connectivity index (χ3v) is 3.58. The summed E-state index contributed by atoms with van der Waals surface area (Å²) >= 11 is 0. The van der Waals surface area contributed by atoms with Crippen molar-refractivity contribution in [1.82, 2.24) is 15.3 Å². The molecule has 0 bridgehead atoms. The first kappa shape index (κ1) is 17.7. The molecule has 0 radical (unpaired) electrons. The zero-order valence-electron chi connectivity index (χ0n) is 14.8. The number of hydrogen-bond donors (Lipinski definition) is 2. The molecule has 6 nitrogen and oxygen atoms in total. The Morgan fingerprint density at radius 1 is 1.21 bits per heavy atom. The molecule has 6 heteroatoms. The molecule has 0 saturated carbocycles. The number of aryl methyl sites for hydroxylation is 1. The van der Waals surface area contributed by atoms with Crippen LogP contribution in [0.2, 0.25) is 0 Å². The van der Waals surface area contributed by atoms with Crippen molar-refractivity contribution in [3.8, 4) is 5.75 Å². The van der Waals surface area contributed by atoms with Gasteiger partial charge in [-0.05, 0) is 30.0 Å². The normalized spacial score (nSPS) is 11.0. The maximum Gasteiger partial charge on any atom is 0.319 e. The van der Waals surface area contributed by atoms with Crippen molar-refractivity contribution in [3.63, 3.8) is 0 Å². The van der Waals surface area contributed by atoms with E-state index < -0.39 is 0 Å². The van der Waals surface area contributed by atoms with Crippen LogP contribution in [0, 0.1) is 6.92 Å². The molecule has 0 fully saturated rings. The third-order valence-electron chi connectivity index (χ3n) is 3.58.